The number of hydrogen-bond donors (Lipinski definition) is 4. The Morgan fingerprint density at radius 2 is 1.54 bits per heavy atom. The summed E-state index contributed by atoms with van der Waals surface area (Å²) in [5.74, 6) is -2.64. The molecule has 0 radical (unpaired) electrons. The molecule has 0 saturated carbocycles. The number of ether oxygens (including phenoxy) is 1. The fourth-order valence-electron chi connectivity index (χ4n) is 3.94. The molecule has 0 saturated heterocycles. The number of hydrogen-bond acceptors (Lipinski definition) is 5. The van der Waals surface area contributed by atoms with Crippen molar-refractivity contribution >= 4 is 28.5 Å². The van der Waals surface area contributed by atoms with E-state index in [1.807, 2.05) is 84.0 Å². The third kappa shape index (κ3) is 8.04. The Hall–Kier alpha value is -2.97. The number of carbonyl (C=O) groups is 3. The lowest BCUT2D eigenvalue weighted by atomic mass is 9.84. The molecule has 0 unspecified atom stereocenters. The van der Waals surface area contributed by atoms with Crippen molar-refractivity contribution in [2.24, 2.45) is 11.3 Å². The molecule has 0 aromatic heterocycles. The van der Waals surface area contributed by atoms with Gasteiger partial charge in [0, 0.05) is 12.1 Å². The predicted octanol–water partition coefficient (Wildman–Crippen LogP) is 3.35. The lowest BCUT2D eigenvalue weighted by Crippen LogP contribution is -2.59. The van der Waals surface area contributed by atoms with Crippen molar-refractivity contribution in [3.63, 3.8) is 0 Å². The van der Waals surface area contributed by atoms with E-state index in [0.717, 1.165) is 16.3 Å². The summed E-state index contributed by atoms with van der Waals surface area (Å²) in [6.45, 7) is 13.0. The van der Waals surface area contributed by atoms with Gasteiger partial charge >= 0.3 is 0 Å². The molecule has 0 fully saturated rings. The molecule has 2 aromatic carbocycles. The molecule has 8 heteroatoms. The van der Waals surface area contributed by atoms with Crippen molar-refractivity contribution in [2.45, 2.75) is 72.6 Å². The van der Waals surface area contributed by atoms with Crippen LogP contribution in [0.3, 0.4) is 0 Å². The van der Waals surface area contributed by atoms with Gasteiger partial charge < -0.3 is 15.4 Å². The van der Waals surface area contributed by atoms with E-state index in [1.54, 1.807) is 12.4 Å². The van der Waals surface area contributed by atoms with Crippen LogP contribution in [-0.4, -0.2) is 47.2 Å². The number of benzene rings is 2. The first kappa shape index (κ1) is 28.3. The summed E-state index contributed by atoms with van der Waals surface area (Å²) in [6, 6.07) is 12.8. The molecule has 3 atom stereocenters. The van der Waals surface area contributed by atoms with Gasteiger partial charge in [0.2, 0.25) is 11.8 Å². The Kier molecular flexibility index (Phi) is 9.40. The Morgan fingerprint density at radius 1 is 0.914 bits per heavy atom. The van der Waals surface area contributed by atoms with E-state index in [0.29, 0.717) is 0 Å². The minimum absolute atomic E-state index is 0.160. The zero-order valence-electron chi connectivity index (χ0n) is 21.8. The van der Waals surface area contributed by atoms with E-state index in [2.05, 4.69) is 10.6 Å². The monoisotopic (exact) mass is 485 g/mol. The minimum atomic E-state index is -1.25. The van der Waals surface area contributed by atoms with E-state index in [9.17, 15) is 19.6 Å². The Morgan fingerprint density at radius 3 is 2.09 bits per heavy atom. The van der Waals surface area contributed by atoms with Crippen molar-refractivity contribution in [1.29, 1.82) is 0 Å². The molecule has 4 N–H and O–H groups in total. The zero-order chi connectivity index (χ0) is 26.4. The molecule has 0 heterocycles. The second-order valence-corrected chi connectivity index (χ2v) is 10.9. The number of nitrogens with one attached hydrogen (secondary N) is 3. The second-order valence-electron chi connectivity index (χ2n) is 10.9. The van der Waals surface area contributed by atoms with Gasteiger partial charge in [0.25, 0.3) is 5.91 Å². The topological polar surface area (TPSA) is 117 Å². The fraction of sp³-hybridized carbons (Fsp3) is 0.519. The third-order valence-electron chi connectivity index (χ3n) is 5.60. The van der Waals surface area contributed by atoms with Crippen LogP contribution in [-0.2, 0) is 25.5 Å². The first-order chi connectivity index (χ1) is 16.3. The summed E-state index contributed by atoms with van der Waals surface area (Å²) in [6.07, 6.45) is -1.07. The molecule has 0 aliphatic carbocycles. The number of amides is 3. The van der Waals surface area contributed by atoms with Crippen LogP contribution in [0.25, 0.3) is 10.8 Å². The first-order valence-electron chi connectivity index (χ1n) is 11.9. The Bertz CT molecular complexity index is 1040. The van der Waals surface area contributed by atoms with Crippen LogP contribution in [0.15, 0.2) is 42.5 Å². The predicted molar refractivity (Wildman–Crippen MR) is 136 cm³/mol. The molecule has 0 spiro atoms. The van der Waals surface area contributed by atoms with Gasteiger partial charge in [0.1, 0.15) is 12.1 Å². The van der Waals surface area contributed by atoms with Crippen molar-refractivity contribution in [1.82, 2.24) is 16.1 Å². The summed E-state index contributed by atoms with van der Waals surface area (Å²) < 4.78 is 5.61. The zero-order valence-corrected chi connectivity index (χ0v) is 21.8. The first-order valence-corrected chi connectivity index (χ1v) is 11.9. The number of rotatable bonds is 9. The summed E-state index contributed by atoms with van der Waals surface area (Å²) in [5.41, 5.74) is 1.36. The summed E-state index contributed by atoms with van der Waals surface area (Å²) >= 11 is 0. The molecule has 0 aliphatic heterocycles. The molecule has 35 heavy (non-hydrogen) atoms. The highest BCUT2D eigenvalue weighted by atomic mass is 16.5. The van der Waals surface area contributed by atoms with Crippen molar-refractivity contribution in [3.8, 4) is 0 Å². The van der Waals surface area contributed by atoms with E-state index in [4.69, 9.17) is 4.74 Å². The highest BCUT2D eigenvalue weighted by molar-refractivity contribution is 5.93. The van der Waals surface area contributed by atoms with Crippen LogP contribution in [0.2, 0.25) is 0 Å². The maximum atomic E-state index is 13.6. The molecular weight excluding hydrogens is 446 g/mol. The van der Waals surface area contributed by atoms with Gasteiger partial charge in [0.15, 0.2) is 0 Å². The van der Waals surface area contributed by atoms with Crippen LogP contribution < -0.4 is 16.1 Å². The van der Waals surface area contributed by atoms with Crippen molar-refractivity contribution < 1.29 is 24.3 Å². The second kappa shape index (κ2) is 11.6. The molecular formula is C27H39N3O5. The normalized spacial score (nSPS) is 14.6. The highest BCUT2D eigenvalue weighted by Crippen LogP contribution is 2.24. The number of carbonyl (C=O) groups excluding carboxylic acids is 3. The standard InChI is InChI=1S/C27H39N3O5/c1-8-35-21(24(32)30-34)20(16-17-13-14-18-11-9-10-12-19(18)15-17)23(31)28-22(26(2,3)4)25(33)29-27(5,6)7/h9-15,20-22,34H,8,16H2,1-7H3,(H,28,31)(H,29,33)(H,30,32)/t20-,21+,22-/m1/s1. The maximum Gasteiger partial charge on any atom is 0.273 e. The fourth-order valence-corrected chi connectivity index (χ4v) is 3.94. The quantitative estimate of drug-likeness (QED) is 0.321. The van der Waals surface area contributed by atoms with Gasteiger partial charge in [-0.3, -0.25) is 19.6 Å². The average Bonchev–Trinajstić information content (AvgIpc) is 2.76. The van der Waals surface area contributed by atoms with Crippen molar-refractivity contribution in [2.75, 3.05) is 6.61 Å². The van der Waals surface area contributed by atoms with Gasteiger partial charge in [-0.05, 0) is 55.9 Å². The average molecular weight is 486 g/mol. The van der Waals surface area contributed by atoms with Crippen LogP contribution in [0.1, 0.15) is 54.0 Å². The van der Waals surface area contributed by atoms with Gasteiger partial charge in [-0.2, -0.15) is 0 Å². The highest BCUT2D eigenvalue weighted by Gasteiger charge is 2.40. The summed E-state index contributed by atoms with van der Waals surface area (Å²) in [4.78, 5) is 39.2. The van der Waals surface area contributed by atoms with E-state index < -0.39 is 40.8 Å². The maximum absolute atomic E-state index is 13.6. The van der Waals surface area contributed by atoms with E-state index >= 15 is 0 Å². The van der Waals surface area contributed by atoms with Gasteiger partial charge in [-0.15, -0.1) is 0 Å². The SMILES string of the molecule is CCO[C@H](C(=O)NO)[C@@H](Cc1ccc2ccccc2c1)C(=O)N[C@H](C(=O)NC(C)(C)C)C(C)(C)C. The molecule has 0 bridgehead atoms. The van der Waals surface area contributed by atoms with Crippen LogP contribution >= 0.6 is 0 Å². The molecule has 0 aliphatic rings. The third-order valence-corrected chi connectivity index (χ3v) is 5.60. The van der Waals surface area contributed by atoms with E-state index in [-0.39, 0.29) is 18.9 Å². The number of fused-ring (bicyclic) bond motifs is 1. The molecule has 192 valence electrons. The molecule has 2 rings (SSSR count). The Labute approximate surface area is 207 Å². The van der Waals surface area contributed by atoms with Crippen LogP contribution in [0.4, 0.5) is 0 Å². The molecule has 3 amide bonds. The largest absolute Gasteiger partial charge is 0.368 e. The lowest BCUT2D eigenvalue weighted by Gasteiger charge is -2.35. The van der Waals surface area contributed by atoms with Crippen molar-refractivity contribution in [3.05, 3.63) is 48.0 Å². The summed E-state index contributed by atoms with van der Waals surface area (Å²) in [5, 5.41) is 17.2. The van der Waals surface area contributed by atoms with Gasteiger partial charge in [0.05, 0.1) is 5.92 Å². The number of hydroxylamine groups is 1. The van der Waals surface area contributed by atoms with Crippen LogP contribution in [0.5, 0.6) is 0 Å². The molecule has 8 nitrogen and oxygen atoms in total. The smallest absolute Gasteiger partial charge is 0.273 e. The van der Waals surface area contributed by atoms with Crippen LogP contribution in [0, 0.1) is 11.3 Å². The molecule has 2 aromatic rings. The van der Waals surface area contributed by atoms with E-state index in [1.165, 1.54) is 0 Å². The minimum Gasteiger partial charge on any atom is -0.368 e. The van der Waals surface area contributed by atoms with Gasteiger partial charge in [-0.1, -0.05) is 63.2 Å². The lowest BCUT2D eigenvalue weighted by molar-refractivity contribution is -0.151. The van der Waals surface area contributed by atoms with Gasteiger partial charge in [-0.25, -0.2) is 5.48 Å². The Balaban J connectivity index is 2.43. The summed E-state index contributed by atoms with van der Waals surface area (Å²) in [7, 11) is 0.